The summed E-state index contributed by atoms with van der Waals surface area (Å²) in [6, 6.07) is 11.7. The minimum Gasteiger partial charge on any atom is -0.335 e. The second-order valence-electron chi connectivity index (χ2n) is 5.84. The molecule has 1 saturated carbocycles. The number of quaternary nitrogens is 1. The van der Waals surface area contributed by atoms with Gasteiger partial charge in [-0.05, 0) is 32.6 Å². The van der Waals surface area contributed by atoms with Gasteiger partial charge in [-0.15, -0.1) is 6.58 Å². The van der Waals surface area contributed by atoms with Crippen molar-refractivity contribution in [3.05, 3.63) is 48.6 Å². The zero-order chi connectivity index (χ0) is 12.8. The molecule has 0 aliphatic heterocycles. The molecule has 1 aromatic rings. The molecule has 1 fully saturated rings. The van der Waals surface area contributed by atoms with E-state index in [0.717, 1.165) is 12.5 Å². The summed E-state index contributed by atoms with van der Waals surface area (Å²) >= 11 is 0. The van der Waals surface area contributed by atoms with Crippen LogP contribution in [-0.4, -0.2) is 6.04 Å². The molecular weight excluding hydrogens is 218 g/mol. The van der Waals surface area contributed by atoms with Crippen LogP contribution in [0.4, 0.5) is 0 Å². The molecule has 0 amide bonds. The minimum absolute atomic E-state index is 0.158. The Labute approximate surface area is 111 Å². The topological polar surface area (TPSA) is 16.6 Å². The molecule has 98 valence electrons. The normalized spacial score (nSPS) is 20.3. The van der Waals surface area contributed by atoms with E-state index >= 15 is 0 Å². The largest absolute Gasteiger partial charge is 0.335 e. The predicted octanol–water partition coefficient (Wildman–Crippen LogP) is 3.37. The number of nitrogens with two attached hydrogens (primary N) is 1. The van der Waals surface area contributed by atoms with Crippen molar-refractivity contribution in [3.8, 4) is 0 Å². The van der Waals surface area contributed by atoms with Crippen molar-refractivity contribution in [2.75, 3.05) is 0 Å². The van der Waals surface area contributed by atoms with Crippen LogP contribution < -0.4 is 5.32 Å². The van der Waals surface area contributed by atoms with E-state index in [1.54, 1.807) is 0 Å². The van der Waals surface area contributed by atoms with Gasteiger partial charge in [-0.2, -0.15) is 0 Å². The second-order valence-corrected chi connectivity index (χ2v) is 5.84. The molecule has 2 N–H and O–H groups in total. The summed E-state index contributed by atoms with van der Waals surface area (Å²) in [5, 5.41) is 2.60. The maximum atomic E-state index is 3.94. The summed E-state index contributed by atoms with van der Waals surface area (Å²) in [6.07, 6.45) is 10.1. The summed E-state index contributed by atoms with van der Waals surface area (Å²) in [7, 11) is 0. The Bertz CT molecular complexity index is 364. The van der Waals surface area contributed by atoms with E-state index < -0.39 is 0 Å². The van der Waals surface area contributed by atoms with Gasteiger partial charge in [-0.25, -0.2) is 0 Å². The van der Waals surface area contributed by atoms with Crippen LogP contribution in [0.1, 0.15) is 51.0 Å². The van der Waals surface area contributed by atoms with Crippen molar-refractivity contribution in [2.45, 2.75) is 57.0 Å². The highest BCUT2D eigenvalue weighted by Gasteiger charge is 2.32. The third-order valence-corrected chi connectivity index (χ3v) is 4.26. The fraction of sp³-hybridized carbons (Fsp3) is 0.529. The van der Waals surface area contributed by atoms with Crippen molar-refractivity contribution in [1.82, 2.24) is 0 Å². The Morgan fingerprint density at radius 3 is 2.50 bits per heavy atom. The summed E-state index contributed by atoms with van der Waals surface area (Å²) in [5.74, 6) is 0. The van der Waals surface area contributed by atoms with Crippen LogP contribution in [0.5, 0.6) is 0 Å². The first-order valence-electron chi connectivity index (χ1n) is 7.27. The lowest BCUT2D eigenvalue weighted by molar-refractivity contribution is -0.764. The van der Waals surface area contributed by atoms with Crippen LogP contribution in [0.25, 0.3) is 0 Å². The van der Waals surface area contributed by atoms with Crippen LogP contribution >= 0.6 is 0 Å². The number of hydrogen-bond acceptors (Lipinski definition) is 0. The third kappa shape index (κ3) is 3.23. The highest BCUT2D eigenvalue weighted by atomic mass is 15.0. The van der Waals surface area contributed by atoms with E-state index in [1.807, 2.05) is 0 Å². The molecule has 18 heavy (non-hydrogen) atoms. The molecule has 0 spiro atoms. The Hall–Kier alpha value is -1.08. The fourth-order valence-corrected chi connectivity index (χ4v) is 3.22. The first kappa shape index (κ1) is 13.4. The SMILES string of the molecule is C=CC[C@@](C)([NH2+]C1CCCCC1)c1ccccc1. The predicted molar refractivity (Wildman–Crippen MR) is 77.4 cm³/mol. The van der Waals surface area contributed by atoms with Gasteiger partial charge in [0.15, 0.2) is 0 Å². The van der Waals surface area contributed by atoms with Crippen molar-refractivity contribution < 1.29 is 5.32 Å². The molecule has 0 aromatic heterocycles. The maximum Gasteiger partial charge on any atom is 0.122 e. The lowest BCUT2D eigenvalue weighted by Gasteiger charge is -2.33. The lowest BCUT2D eigenvalue weighted by Crippen LogP contribution is -2.98. The van der Waals surface area contributed by atoms with Crippen molar-refractivity contribution >= 4 is 0 Å². The summed E-state index contributed by atoms with van der Waals surface area (Å²) in [5.41, 5.74) is 1.58. The van der Waals surface area contributed by atoms with Crippen LogP contribution in [-0.2, 0) is 5.54 Å². The Balaban J connectivity index is 2.12. The van der Waals surface area contributed by atoms with Crippen LogP contribution in [0.15, 0.2) is 43.0 Å². The molecule has 0 bridgehead atoms. The summed E-state index contributed by atoms with van der Waals surface area (Å²) in [4.78, 5) is 0. The minimum atomic E-state index is 0.158. The highest BCUT2D eigenvalue weighted by molar-refractivity contribution is 5.21. The first-order valence-corrected chi connectivity index (χ1v) is 7.27. The zero-order valence-electron chi connectivity index (χ0n) is 11.6. The van der Waals surface area contributed by atoms with Gasteiger partial charge in [-0.3, -0.25) is 0 Å². The van der Waals surface area contributed by atoms with Gasteiger partial charge in [-0.1, -0.05) is 42.8 Å². The van der Waals surface area contributed by atoms with E-state index in [2.05, 4.69) is 55.2 Å². The van der Waals surface area contributed by atoms with E-state index in [9.17, 15) is 0 Å². The van der Waals surface area contributed by atoms with Crippen LogP contribution in [0, 0.1) is 0 Å². The molecule has 1 aliphatic rings. The summed E-state index contributed by atoms with van der Waals surface area (Å²) < 4.78 is 0. The molecule has 0 unspecified atom stereocenters. The molecule has 1 atom stereocenters. The molecule has 2 rings (SSSR count). The molecule has 1 aliphatic carbocycles. The number of rotatable bonds is 5. The van der Waals surface area contributed by atoms with Gasteiger partial charge in [0.1, 0.15) is 5.54 Å². The standard InChI is InChI=1S/C17H25N/c1-3-14-17(2,15-10-6-4-7-11-15)18-16-12-8-5-9-13-16/h3-4,6-7,10-11,16,18H,1,5,8-9,12-14H2,2H3/p+1/t17-/m1/s1. The highest BCUT2D eigenvalue weighted by Crippen LogP contribution is 2.23. The molecule has 1 aromatic carbocycles. The smallest absolute Gasteiger partial charge is 0.122 e. The van der Waals surface area contributed by atoms with Gasteiger partial charge in [0.05, 0.1) is 6.04 Å². The monoisotopic (exact) mass is 244 g/mol. The Morgan fingerprint density at radius 2 is 1.89 bits per heavy atom. The van der Waals surface area contributed by atoms with Crippen molar-refractivity contribution in [2.24, 2.45) is 0 Å². The van der Waals surface area contributed by atoms with Crippen LogP contribution in [0.2, 0.25) is 0 Å². The third-order valence-electron chi connectivity index (χ3n) is 4.26. The summed E-state index contributed by atoms with van der Waals surface area (Å²) in [6.45, 7) is 6.30. The fourth-order valence-electron chi connectivity index (χ4n) is 3.22. The molecule has 0 saturated heterocycles. The average Bonchev–Trinajstić information content (AvgIpc) is 2.41. The molecular formula is C17H26N+. The van der Waals surface area contributed by atoms with Gasteiger partial charge in [0, 0.05) is 12.0 Å². The van der Waals surface area contributed by atoms with Crippen molar-refractivity contribution in [3.63, 3.8) is 0 Å². The van der Waals surface area contributed by atoms with E-state index in [4.69, 9.17) is 0 Å². The van der Waals surface area contributed by atoms with E-state index in [-0.39, 0.29) is 5.54 Å². The first-order chi connectivity index (χ1) is 8.74. The quantitative estimate of drug-likeness (QED) is 0.765. The van der Waals surface area contributed by atoms with Crippen molar-refractivity contribution in [1.29, 1.82) is 0 Å². The average molecular weight is 244 g/mol. The second kappa shape index (κ2) is 6.19. The molecule has 0 heterocycles. The van der Waals surface area contributed by atoms with E-state index in [1.165, 1.54) is 37.7 Å². The number of benzene rings is 1. The van der Waals surface area contributed by atoms with Gasteiger partial charge in [0.25, 0.3) is 0 Å². The zero-order valence-corrected chi connectivity index (χ0v) is 11.6. The lowest BCUT2D eigenvalue weighted by atomic mass is 9.85. The molecule has 0 radical (unpaired) electrons. The number of hydrogen-bond donors (Lipinski definition) is 1. The Kier molecular flexibility index (Phi) is 4.60. The molecule has 1 nitrogen and oxygen atoms in total. The molecule has 1 heteroatoms. The van der Waals surface area contributed by atoms with E-state index in [0.29, 0.717) is 0 Å². The Morgan fingerprint density at radius 1 is 1.22 bits per heavy atom. The maximum absolute atomic E-state index is 3.94. The van der Waals surface area contributed by atoms with Gasteiger partial charge < -0.3 is 5.32 Å². The van der Waals surface area contributed by atoms with Gasteiger partial charge in [0.2, 0.25) is 0 Å². The van der Waals surface area contributed by atoms with Gasteiger partial charge >= 0.3 is 0 Å². The van der Waals surface area contributed by atoms with Crippen LogP contribution in [0.3, 0.4) is 0 Å².